The number of anilines is 1. The lowest BCUT2D eigenvalue weighted by Crippen LogP contribution is -2.01. The Hall–Kier alpha value is -2.58. The molecular formula is C16H10BrN3O. The average Bonchev–Trinajstić information content (AvgIpc) is 2.88. The third-order valence-electron chi connectivity index (χ3n) is 3.24. The number of nitrogens with two attached hydrogens (primary N) is 1. The van der Waals surface area contributed by atoms with E-state index < -0.39 is 0 Å². The average molecular weight is 340 g/mol. The predicted octanol–water partition coefficient (Wildman–Crippen LogP) is 3.62. The molecule has 0 radical (unpaired) electrons. The molecule has 3 aromatic rings. The zero-order chi connectivity index (χ0) is 15.0. The number of carbonyl (C=O) groups excluding carboxylic acids is 1. The maximum Gasteiger partial charge on any atom is 0.195 e. The van der Waals surface area contributed by atoms with Crippen LogP contribution in [-0.4, -0.2) is 10.8 Å². The molecule has 0 saturated heterocycles. The molecule has 0 aliphatic carbocycles. The molecule has 2 aromatic carbocycles. The summed E-state index contributed by atoms with van der Waals surface area (Å²) in [4.78, 5) is 15.6. The van der Waals surface area contributed by atoms with Crippen LogP contribution in [-0.2, 0) is 0 Å². The minimum absolute atomic E-state index is 0.112. The smallest absolute Gasteiger partial charge is 0.195 e. The SMILES string of the molecule is N#Cc1ccc2c(C(=O)c3cc(N)cc(Br)c3)c[nH]c2c1. The summed E-state index contributed by atoms with van der Waals surface area (Å²) < 4.78 is 0.762. The number of nitrogen functional groups attached to an aromatic ring is 1. The fraction of sp³-hybridized carbons (Fsp3) is 0. The van der Waals surface area contributed by atoms with Crippen LogP contribution in [0.25, 0.3) is 10.9 Å². The summed E-state index contributed by atoms with van der Waals surface area (Å²) in [7, 11) is 0. The molecule has 3 N–H and O–H groups in total. The maximum atomic E-state index is 12.6. The molecule has 1 heterocycles. The molecule has 0 bridgehead atoms. The fourth-order valence-electron chi connectivity index (χ4n) is 2.28. The highest BCUT2D eigenvalue weighted by Crippen LogP contribution is 2.25. The van der Waals surface area contributed by atoms with Crippen molar-refractivity contribution in [2.75, 3.05) is 5.73 Å². The van der Waals surface area contributed by atoms with Crippen molar-refractivity contribution in [2.45, 2.75) is 0 Å². The van der Waals surface area contributed by atoms with E-state index in [4.69, 9.17) is 11.0 Å². The fourth-order valence-corrected chi connectivity index (χ4v) is 2.79. The molecule has 5 heteroatoms. The van der Waals surface area contributed by atoms with E-state index in [0.717, 1.165) is 15.4 Å². The van der Waals surface area contributed by atoms with Crippen molar-refractivity contribution in [1.82, 2.24) is 4.98 Å². The van der Waals surface area contributed by atoms with E-state index in [2.05, 4.69) is 27.0 Å². The van der Waals surface area contributed by atoms with Crippen molar-refractivity contribution in [3.63, 3.8) is 0 Å². The van der Waals surface area contributed by atoms with E-state index in [1.807, 2.05) is 0 Å². The van der Waals surface area contributed by atoms with Gasteiger partial charge in [-0.15, -0.1) is 0 Å². The molecule has 0 amide bonds. The van der Waals surface area contributed by atoms with Crippen molar-refractivity contribution >= 4 is 38.3 Å². The van der Waals surface area contributed by atoms with Gasteiger partial charge in [-0.05, 0) is 30.3 Å². The van der Waals surface area contributed by atoms with E-state index in [-0.39, 0.29) is 5.78 Å². The van der Waals surface area contributed by atoms with Crippen LogP contribution in [0, 0.1) is 11.3 Å². The highest BCUT2D eigenvalue weighted by molar-refractivity contribution is 9.10. The summed E-state index contributed by atoms with van der Waals surface area (Å²) in [5, 5.41) is 9.69. The first-order valence-corrected chi connectivity index (χ1v) is 7.00. The molecule has 0 atom stereocenters. The van der Waals surface area contributed by atoms with Crippen LogP contribution in [0.4, 0.5) is 5.69 Å². The number of rotatable bonds is 2. The number of ketones is 1. The topological polar surface area (TPSA) is 82.7 Å². The summed E-state index contributed by atoms with van der Waals surface area (Å²) in [6, 6.07) is 12.4. The number of fused-ring (bicyclic) bond motifs is 1. The van der Waals surface area contributed by atoms with Crippen LogP contribution >= 0.6 is 15.9 Å². The number of H-pyrrole nitrogens is 1. The molecule has 0 aliphatic rings. The molecule has 1 aromatic heterocycles. The molecule has 4 nitrogen and oxygen atoms in total. The second-order valence-electron chi connectivity index (χ2n) is 4.68. The van der Waals surface area contributed by atoms with E-state index in [9.17, 15) is 4.79 Å². The van der Waals surface area contributed by atoms with Gasteiger partial charge in [-0.25, -0.2) is 0 Å². The van der Waals surface area contributed by atoms with E-state index in [1.165, 1.54) is 0 Å². The lowest BCUT2D eigenvalue weighted by molar-refractivity contribution is 0.104. The highest BCUT2D eigenvalue weighted by Gasteiger charge is 2.15. The van der Waals surface area contributed by atoms with Gasteiger partial charge in [0.1, 0.15) is 0 Å². The number of benzene rings is 2. The Balaban J connectivity index is 2.12. The van der Waals surface area contributed by atoms with Gasteiger partial charge in [-0.2, -0.15) is 5.26 Å². The molecule has 21 heavy (non-hydrogen) atoms. The van der Waals surface area contributed by atoms with Gasteiger partial charge in [-0.3, -0.25) is 4.79 Å². The zero-order valence-electron chi connectivity index (χ0n) is 10.9. The van der Waals surface area contributed by atoms with Crippen LogP contribution in [0.5, 0.6) is 0 Å². The normalized spacial score (nSPS) is 10.5. The molecule has 0 spiro atoms. The molecule has 0 aliphatic heterocycles. The number of halogens is 1. The summed E-state index contributed by atoms with van der Waals surface area (Å²) >= 11 is 3.34. The Labute approximate surface area is 129 Å². The number of aromatic nitrogens is 1. The first-order valence-electron chi connectivity index (χ1n) is 6.20. The summed E-state index contributed by atoms with van der Waals surface area (Å²) in [6.07, 6.45) is 1.66. The number of hydrogen-bond acceptors (Lipinski definition) is 3. The Morgan fingerprint density at radius 3 is 2.76 bits per heavy atom. The van der Waals surface area contributed by atoms with Gasteiger partial charge < -0.3 is 10.7 Å². The van der Waals surface area contributed by atoms with Crippen molar-refractivity contribution in [3.8, 4) is 6.07 Å². The Morgan fingerprint density at radius 1 is 1.24 bits per heavy atom. The molecular weight excluding hydrogens is 330 g/mol. The number of nitrogens with zero attached hydrogens (tertiary/aromatic N) is 1. The van der Waals surface area contributed by atoms with Gasteiger partial charge >= 0.3 is 0 Å². The van der Waals surface area contributed by atoms with Crippen molar-refractivity contribution in [3.05, 3.63) is 63.8 Å². The number of hydrogen-bond donors (Lipinski definition) is 2. The van der Waals surface area contributed by atoms with Gasteiger partial charge in [0, 0.05) is 38.4 Å². The minimum atomic E-state index is -0.112. The van der Waals surface area contributed by atoms with E-state index in [1.54, 1.807) is 42.6 Å². The lowest BCUT2D eigenvalue weighted by Gasteiger charge is -2.03. The highest BCUT2D eigenvalue weighted by atomic mass is 79.9. The quantitative estimate of drug-likeness (QED) is 0.552. The van der Waals surface area contributed by atoms with Gasteiger partial charge in [0.25, 0.3) is 0 Å². The van der Waals surface area contributed by atoms with Crippen molar-refractivity contribution in [2.24, 2.45) is 0 Å². The first kappa shape index (κ1) is 13.4. The summed E-state index contributed by atoms with van der Waals surface area (Å²) in [5.74, 6) is -0.112. The van der Waals surface area contributed by atoms with Crippen molar-refractivity contribution in [1.29, 1.82) is 5.26 Å². The lowest BCUT2D eigenvalue weighted by atomic mass is 10.0. The van der Waals surface area contributed by atoms with Crippen molar-refractivity contribution < 1.29 is 4.79 Å². The number of nitrogens with one attached hydrogen (secondary N) is 1. The van der Waals surface area contributed by atoms with Gasteiger partial charge in [0.15, 0.2) is 5.78 Å². The number of carbonyl (C=O) groups is 1. The predicted molar refractivity (Wildman–Crippen MR) is 85.0 cm³/mol. The Bertz CT molecular complexity index is 885. The van der Waals surface area contributed by atoms with Gasteiger partial charge in [0.2, 0.25) is 0 Å². The maximum absolute atomic E-state index is 12.6. The summed E-state index contributed by atoms with van der Waals surface area (Å²) in [6.45, 7) is 0. The molecule has 102 valence electrons. The zero-order valence-corrected chi connectivity index (χ0v) is 12.4. The van der Waals surface area contributed by atoms with E-state index >= 15 is 0 Å². The third-order valence-corrected chi connectivity index (χ3v) is 3.70. The van der Waals surface area contributed by atoms with Crippen LogP contribution in [0.15, 0.2) is 47.1 Å². The molecule has 0 saturated carbocycles. The molecule has 0 unspecified atom stereocenters. The minimum Gasteiger partial charge on any atom is -0.399 e. The Morgan fingerprint density at radius 2 is 2.05 bits per heavy atom. The van der Waals surface area contributed by atoms with Gasteiger partial charge in [0.05, 0.1) is 11.6 Å². The number of aromatic amines is 1. The first-order chi connectivity index (χ1) is 10.1. The second-order valence-corrected chi connectivity index (χ2v) is 5.59. The second kappa shape index (κ2) is 5.08. The third kappa shape index (κ3) is 2.41. The van der Waals surface area contributed by atoms with Gasteiger partial charge in [-0.1, -0.05) is 22.0 Å². The van der Waals surface area contributed by atoms with E-state index in [0.29, 0.717) is 22.4 Å². The monoisotopic (exact) mass is 339 g/mol. The number of nitriles is 1. The molecule has 0 fully saturated rings. The van der Waals surface area contributed by atoms with Crippen LogP contribution in [0.1, 0.15) is 21.5 Å². The standard InChI is InChI=1S/C16H10BrN3O/c17-11-4-10(5-12(19)6-11)16(21)14-8-20-15-3-9(7-18)1-2-13(14)15/h1-6,8,20H,19H2. The largest absolute Gasteiger partial charge is 0.399 e. The van der Waals surface area contributed by atoms with Crippen LogP contribution in [0.2, 0.25) is 0 Å². The van der Waals surface area contributed by atoms with Crippen LogP contribution < -0.4 is 5.73 Å². The van der Waals surface area contributed by atoms with Crippen LogP contribution in [0.3, 0.4) is 0 Å². The Kier molecular flexibility index (Phi) is 3.24. The summed E-state index contributed by atoms with van der Waals surface area (Å²) in [5.41, 5.74) is 8.70. The molecule has 3 rings (SSSR count).